The molecule has 3 rings (SSSR count). The fraction of sp³-hybridized carbons (Fsp3) is 0.444. The summed E-state index contributed by atoms with van der Waals surface area (Å²) in [4.78, 5) is 26.8. The van der Waals surface area contributed by atoms with Gasteiger partial charge in [-0.25, -0.2) is 14.0 Å². The molecular weight excluding hydrogens is 311 g/mol. The van der Waals surface area contributed by atoms with Crippen molar-refractivity contribution < 1.29 is 18.7 Å². The molecule has 1 unspecified atom stereocenters. The number of nitrogens with zero attached hydrogens (tertiary/aromatic N) is 1. The molecule has 2 amide bonds. The van der Waals surface area contributed by atoms with Gasteiger partial charge in [0.25, 0.3) is 0 Å². The van der Waals surface area contributed by atoms with Crippen molar-refractivity contribution in [1.29, 1.82) is 0 Å². The third-order valence-corrected chi connectivity index (χ3v) is 4.20. The van der Waals surface area contributed by atoms with Gasteiger partial charge in [0, 0.05) is 11.7 Å². The number of carbonyl (C=O) groups is 2. The number of nitrogens with one attached hydrogen (secondary N) is 1. The molecule has 1 fully saturated rings. The highest BCUT2D eigenvalue weighted by atomic mass is 19.1. The molecule has 0 saturated heterocycles. The first-order valence-electron chi connectivity index (χ1n) is 8.15. The van der Waals surface area contributed by atoms with E-state index in [0.29, 0.717) is 16.8 Å². The summed E-state index contributed by atoms with van der Waals surface area (Å²) in [5, 5.41) is 2.86. The van der Waals surface area contributed by atoms with Gasteiger partial charge in [0.1, 0.15) is 5.82 Å². The minimum atomic E-state index is -0.639. The van der Waals surface area contributed by atoms with Crippen molar-refractivity contribution in [2.24, 2.45) is 0 Å². The normalized spacial score (nSPS) is 21.1. The molecule has 1 N–H and O–H groups in total. The van der Waals surface area contributed by atoms with Crippen molar-refractivity contribution in [3.8, 4) is 0 Å². The monoisotopic (exact) mass is 332 g/mol. The summed E-state index contributed by atoms with van der Waals surface area (Å²) in [5.74, 6) is -0.824. The molecule has 0 aromatic heterocycles. The van der Waals surface area contributed by atoms with Crippen LogP contribution in [0.2, 0.25) is 0 Å². The van der Waals surface area contributed by atoms with Crippen molar-refractivity contribution in [2.45, 2.75) is 51.8 Å². The predicted molar refractivity (Wildman–Crippen MR) is 86.5 cm³/mol. The van der Waals surface area contributed by atoms with Crippen LogP contribution in [0, 0.1) is 5.82 Å². The SMILES string of the molecule is CC1=C(C(=O)OC(C)C)C(c2ccc(F)cc2)NC(=O)N1C1CC1. The maximum Gasteiger partial charge on any atom is 0.338 e. The van der Waals surface area contributed by atoms with Crippen molar-refractivity contribution in [3.63, 3.8) is 0 Å². The second-order valence-electron chi connectivity index (χ2n) is 6.49. The third-order valence-electron chi connectivity index (χ3n) is 4.20. The van der Waals surface area contributed by atoms with E-state index in [0.717, 1.165) is 12.8 Å². The van der Waals surface area contributed by atoms with Gasteiger partial charge >= 0.3 is 12.0 Å². The summed E-state index contributed by atoms with van der Waals surface area (Å²) >= 11 is 0. The number of amides is 2. The van der Waals surface area contributed by atoms with Crippen LogP contribution in [0.15, 0.2) is 35.5 Å². The van der Waals surface area contributed by atoms with Gasteiger partial charge in [0.05, 0.1) is 17.7 Å². The van der Waals surface area contributed by atoms with Gasteiger partial charge in [0.2, 0.25) is 0 Å². The molecule has 1 heterocycles. The molecule has 0 spiro atoms. The first kappa shape index (κ1) is 16.5. The van der Waals surface area contributed by atoms with Gasteiger partial charge in [0.15, 0.2) is 0 Å². The molecule has 2 aliphatic rings. The van der Waals surface area contributed by atoms with E-state index in [2.05, 4.69) is 5.32 Å². The molecule has 1 saturated carbocycles. The Morgan fingerprint density at radius 1 is 1.29 bits per heavy atom. The van der Waals surface area contributed by atoms with Crippen LogP contribution < -0.4 is 5.32 Å². The number of ether oxygens (including phenoxy) is 1. The number of allylic oxidation sites excluding steroid dienone is 1. The van der Waals surface area contributed by atoms with Crippen LogP contribution in [0.4, 0.5) is 9.18 Å². The van der Waals surface area contributed by atoms with Crippen molar-refractivity contribution >= 4 is 12.0 Å². The quantitative estimate of drug-likeness (QED) is 0.861. The summed E-state index contributed by atoms with van der Waals surface area (Å²) < 4.78 is 18.6. The molecule has 6 heteroatoms. The van der Waals surface area contributed by atoms with Crippen LogP contribution >= 0.6 is 0 Å². The zero-order valence-corrected chi connectivity index (χ0v) is 14.0. The van der Waals surface area contributed by atoms with Crippen LogP contribution in [0.25, 0.3) is 0 Å². The second kappa shape index (κ2) is 6.26. The highest BCUT2D eigenvalue weighted by Crippen LogP contribution is 2.38. The summed E-state index contributed by atoms with van der Waals surface area (Å²) in [6.07, 6.45) is 1.59. The lowest BCUT2D eigenvalue weighted by Crippen LogP contribution is -2.49. The Morgan fingerprint density at radius 2 is 1.92 bits per heavy atom. The molecule has 24 heavy (non-hydrogen) atoms. The van der Waals surface area contributed by atoms with Crippen LogP contribution in [-0.2, 0) is 9.53 Å². The van der Waals surface area contributed by atoms with Crippen LogP contribution in [0.1, 0.15) is 45.2 Å². The van der Waals surface area contributed by atoms with E-state index in [-0.39, 0.29) is 24.0 Å². The Balaban J connectivity index is 2.03. The maximum atomic E-state index is 13.2. The van der Waals surface area contributed by atoms with E-state index in [1.54, 1.807) is 37.8 Å². The Hall–Kier alpha value is -2.37. The standard InChI is InChI=1S/C18H21FN2O3/c1-10(2)24-17(22)15-11(3)21(14-8-9-14)18(23)20-16(15)12-4-6-13(19)7-5-12/h4-7,10,14,16H,8-9H2,1-3H3,(H,20,23). The fourth-order valence-corrected chi connectivity index (χ4v) is 2.98. The number of rotatable bonds is 4. The zero-order chi connectivity index (χ0) is 17.4. The lowest BCUT2D eigenvalue weighted by molar-refractivity contribution is -0.143. The van der Waals surface area contributed by atoms with Gasteiger partial charge in [-0.2, -0.15) is 0 Å². The largest absolute Gasteiger partial charge is 0.459 e. The number of carbonyl (C=O) groups excluding carboxylic acids is 2. The van der Waals surface area contributed by atoms with E-state index >= 15 is 0 Å². The summed E-state index contributed by atoms with van der Waals surface area (Å²) in [6.45, 7) is 5.33. The van der Waals surface area contributed by atoms with E-state index < -0.39 is 12.0 Å². The molecule has 5 nitrogen and oxygen atoms in total. The Morgan fingerprint density at radius 3 is 2.46 bits per heavy atom. The molecular formula is C18H21FN2O3. The van der Waals surface area contributed by atoms with E-state index in [1.807, 2.05) is 0 Å². The van der Waals surface area contributed by atoms with Gasteiger partial charge in [-0.05, 0) is 51.3 Å². The Kier molecular flexibility index (Phi) is 4.30. The van der Waals surface area contributed by atoms with Gasteiger partial charge in [-0.3, -0.25) is 4.90 Å². The molecule has 128 valence electrons. The number of hydrogen-bond acceptors (Lipinski definition) is 3. The lowest BCUT2D eigenvalue weighted by Gasteiger charge is -2.35. The van der Waals surface area contributed by atoms with Crippen LogP contribution in [-0.4, -0.2) is 29.0 Å². The number of benzene rings is 1. The van der Waals surface area contributed by atoms with Crippen molar-refractivity contribution in [2.75, 3.05) is 0 Å². The number of hydrogen-bond donors (Lipinski definition) is 1. The molecule has 1 aliphatic carbocycles. The molecule has 0 bridgehead atoms. The molecule has 1 aromatic rings. The molecule has 1 aromatic carbocycles. The Labute approximate surface area is 140 Å². The first-order valence-corrected chi connectivity index (χ1v) is 8.15. The van der Waals surface area contributed by atoms with E-state index in [4.69, 9.17) is 4.74 Å². The van der Waals surface area contributed by atoms with E-state index in [1.165, 1.54) is 12.1 Å². The van der Waals surface area contributed by atoms with Crippen molar-refractivity contribution in [3.05, 3.63) is 46.9 Å². The number of halogens is 1. The highest BCUT2D eigenvalue weighted by molar-refractivity contribution is 5.95. The molecule has 1 atom stereocenters. The van der Waals surface area contributed by atoms with Gasteiger partial charge in [-0.1, -0.05) is 12.1 Å². The minimum Gasteiger partial charge on any atom is -0.459 e. The summed E-state index contributed by atoms with van der Waals surface area (Å²) in [7, 11) is 0. The average molecular weight is 332 g/mol. The summed E-state index contributed by atoms with van der Waals surface area (Å²) in [6, 6.07) is 5.04. The fourth-order valence-electron chi connectivity index (χ4n) is 2.98. The highest BCUT2D eigenvalue weighted by Gasteiger charge is 2.42. The predicted octanol–water partition coefficient (Wildman–Crippen LogP) is 3.28. The lowest BCUT2D eigenvalue weighted by atomic mass is 9.94. The average Bonchev–Trinajstić information content (AvgIpc) is 3.31. The summed E-state index contributed by atoms with van der Waals surface area (Å²) in [5.41, 5.74) is 1.67. The van der Waals surface area contributed by atoms with Crippen molar-refractivity contribution in [1.82, 2.24) is 10.2 Å². The van der Waals surface area contributed by atoms with E-state index in [9.17, 15) is 14.0 Å². The number of urea groups is 1. The minimum absolute atomic E-state index is 0.140. The topological polar surface area (TPSA) is 58.6 Å². The van der Waals surface area contributed by atoms with Crippen LogP contribution in [0.5, 0.6) is 0 Å². The molecule has 0 radical (unpaired) electrons. The second-order valence-corrected chi connectivity index (χ2v) is 6.49. The Bertz CT molecular complexity index is 693. The first-order chi connectivity index (χ1) is 11.4. The third kappa shape index (κ3) is 3.13. The number of esters is 1. The van der Waals surface area contributed by atoms with Crippen LogP contribution in [0.3, 0.4) is 0 Å². The molecule has 1 aliphatic heterocycles. The van der Waals surface area contributed by atoms with Gasteiger partial charge < -0.3 is 10.1 Å². The zero-order valence-electron chi connectivity index (χ0n) is 14.0. The van der Waals surface area contributed by atoms with Gasteiger partial charge in [-0.15, -0.1) is 0 Å². The maximum absolute atomic E-state index is 13.2. The smallest absolute Gasteiger partial charge is 0.338 e.